The highest BCUT2D eigenvalue weighted by molar-refractivity contribution is 6.17. The van der Waals surface area contributed by atoms with E-state index in [0.29, 0.717) is 10.9 Å². The zero-order valence-corrected chi connectivity index (χ0v) is 11.7. The van der Waals surface area contributed by atoms with Gasteiger partial charge in [-0.05, 0) is 12.1 Å². The van der Waals surface area contributed by atoms with Gasteiger partial charge in [0.25, 0.3) is 0 Å². The predicted octanol–water partition coefficient (Wildman–Crippen LogP) is 1.53. The Morgan fingerprint density at radius 2 is 1.48 bits per heavy atom. The first-order valence-electron chi connectivity index (χ1n) is 5.94. The quantitative estimate of drug-likeness (QED) is 0.680. The van der Waals surface area contributed by atoms with Gasteiger partial charge in [-0.15, -0.1) is 0 Å². The van der Waals surface area contributed by atoms with Gasteiger partial charge >= 0.3 is 17.9 Å². The average Bonchev–Trinajstić information content (AvgIpc) is 2.98. The van der Waals surface area contributed by atoms with Crippen LogP contribution in [-0.2, 0) is 14.2 Å². The predicted molar refractivity (Wildman–Crippen MR) is 72.3 cm³/mol. The van der Waals surface area contributed by atoms with E-state index >= 15 is 0 Å². The lowest BCUT2D eigenvalue weighted by Gasteiger charge is -2.12. The maximum atomic E-state index is 12.0. The van der Waals surface area contributed by atoms with Crippen LogP contribution in [0.3, 0.4) is 0 Å². The van der Waals surface area contributed by atoms with E-state index in [2.05, 4.69) is 14.5 Å². The van der Waals surface area contributed by atoms with Crippen molar-refractivity contribution in [3.05, 3.63) is 35.0 Å². The lowest BCUT2D eigenvalue weighted by Crippen LogP contribution is -2.18. The minimum Gasteiger partial charge on any atom is -0.465 e. The number of aromatic nitrogens is 1. The van der Waals surface area contributed by atoms with Crippen LogP contribution in [0.15, 0.2) is 18.3 Å². The minimum absolute atomic E-state index is 0.0384. The summed E-state index contributed by atoms with van der Waals surface area (Å²) >= 11 is 0. The molecule has 1 aromatic heterocycles. The fraction of sp³-hybridized carbons (Fsp3) is 0.214. The van der Waals surface area contributed by atoms with Gasteiger partial charge in [0.1, 0.15) is 0 Å². The molecule has 0 bridgehead atoms. The second-order valence-corrected chi connectivity index (χ2v) is 4.09. The number of fused-ring (bicyclic) bond motifs is 1. The fourth-order valence-corrected chi connectivity index (χ4v) is 2.10. The van der Waals surface area contributed by atoms with Crippen LogP contribution in [0.25, 0.3) is 10.9 Å². The zero-order valence-electron chi connectivity index (χ0n) is 11.7. The van der Waals surface area contributed by atoms with Crippen molar-refractivity contribution in [3.8, 4) is 0 Å². The Morgan fingerprint density at radius 1 is 0.905 bits per heavy atom. The number of carbonyl (C=O) groups is 3. The molecule has 0 spiro atoms. The summed E-state index contributed by atoms with van der Waals surface area (Å²) in [5.74, 6) is -2.32. The molecule has 2 aromatic rings. The molecule has 0 fully saturated rings. The van der Waals surface area contributed by atoms with Gasteiger partial charge in [-0.25, -0.2) is 14.4 Å². The lowest BCUT2D eigenvalue weighted by atomic mass is 9.97. The molecule has 110 valence electrons. The van der Waals surface area contributed by atoms with Gasteiger partial charge in [0.2, 0.25) is 0 Å². The van der Waals surface area contributed by atoms with E-state index in [1.54, 1.807) is 12.3 Å². The third-order valence-corrected chi connectivity index (χ3v) is 3.04. The monoisotopic (exact) mass is 291 g/mol. The normalized spacial score (nSPS) is 10.2. The number of carbonyl (C=O) groups excluding carboxylic acids is 3. The number of hydrogen-bond donors (Lipinski definition) is 1. The van der Waals surface area contributed by atoms with Crippen LogP contribution in [0.5, 0.6) is 0 Å². The van der Waals surface area contributed by atoms with E-state index in [1.165, 1.54) is 20.3 Å². The summed E-state index contributed by atoms with van der Waals surface area (Å²) in [7, 11) is 3.53. The third kappa shape index (κ3) is 2.33. The summed E-state index contributed by atoms with van der Waals surface area (Å²) < 4.78 is 14.0. The first kappa shape index (κ1) is 14.6. The number of nitrogens with one attached hydrogen (secondary N) is 1. The molecule has 0 aliphatic carbocycles. The van der Waals surface area contributed by atoms with E-state index < -0.39 is 17.9 Å². The second kappa shape index (κ2) is 5.66. The molecule has 0 aliphatic rings. The van der Waals surface area contributed by atoms with Crippen molar-refractivity contribution in [3.63, 3.8) is 0 Å². The van der Waals surface area contributed by atoms with Crippen LogP contribution in [0.4, 0.5) is 0 Å². The SMILES string of the molecule is COC(=O)c1cc2[nH]ccc2c(C(=O)OC)c1C(=O)OC. The number of H-pyrrole nitrogens is 1. The fourth-order valence-electron chi connectivity index (χ4n) is 2.10. The molecule has 0 amide bonds. The number of rotatable bonds is 3. The number of aromatic amines is 1. The van der Waals surface area contributed by atoms with Crippen LogP contribution in [0.1, 0.15) is 31.1 Å². The van der Waals surface area contributed by atoms with Gasteiger partial charge in [0, 0.05) is 17.1 Å². The zero-order chi connectivity index (χ0) is 15.6. The number of esters is 3. The van der Waals surface area contributed by atoms with Gasteiger partial charge in [-0.2, -0.15) is 0 Å². The highest BCUT2D eigenvalue weighted by atomic mass is 16.5. The summed E-state index contributed by atoms with van der Waals surface area (Å²) in [5.41, 5.74) is 0.218. The topological polar surface area (TPSA) is 94.7 Å². The Kier molecular flexibility index (Phi) is 3.93. The Balaban J connectivity index is 2.91. The number of methoxy groups -OCH3 is 3. The van der Waals surface area contributed by atoms with E-state index in [9.17, 15) is 14.4 Å². The Bertz CT molecular complexity index is 730. The molecular weight excluding hydrogens is 278 g/mol. The van der Waals surface area contributed by atoms with Crippen molar-refractivity contribution in [1.82, 2.24) is 4.98 Å². The second-order valence-electron chi connectivity index (χ2n) is 4.09. The van der Waals surface area contributed by atoms with Gasteiger partial charge in [0.15, 0.2) is 0 Å². The van der Waals surface area contributed by atoms with Gasteiger partial charge in [-0.1, -0.05) is 0 Å². The molecule has 1 N–H and O–H groups in total. The highest BCUT2D eigenvalue weighted by Crippen LogP contribution is 2.27. The smallest absolute Gasteiger partial charge is 0.339 e. The molecule has 0 radical (unpaired) electrons. The summed E-state index contributed by atoms with van der Waals surface area (Å²) in [6, 6.07) is 3.04. The van der Waals surface area contributed by atoms with Crippen LogP contribution < -0.4 is 0 Å². The maximum Gasteiger partial charge on any atom is 0.339 e. The molecule has 0 aliphatic heterocycles. The van der Waals surface area contributed by atoms with Crippen molar-refractivity contribution in [2.24, 2.45) is 0 Å². The van der Waals surface area contributed by atoms with E-state index in [4.69, 9.17) is 4.74 Å². The summed E-state index contributed by atoms with van der Waals surface area (Å²) in [4.78, 5) is 38.8. The average molecular weight is 291 g/mol. The van der Waals surface area contributed by atoms with Gasteiger partial charge < -0.3 is 19.2 Å². The molecular formula is C14H13NO6. The first-order valence-corrected chi connectivity index (χ1v) is 5.94. The maximum absolute atomic E-state index is 12.0. The molecule has 1 aromatic carbocycles. The van der Waals surface area contributed by atoms with E-state index in [-0.39, 0.29) is 16.7 Å². The minimum atomic E-state index is -0.820. The Labute approximate surface area is 119 Å². The molecule has 7 heteroatoms. The Morgan fingerprint density at radius 3 is 2.05 bits per heavy atom. The number of ether oxygens (including phenoxy) is 3. The van der Waals surface area contributed by atoms with E-state index in [1.807, 2.05) is 0 Å². The highest BCUT2D eigenvalue weighted by Gasteiger charge is 2.29. The number of benzene rings is 1. The molecule has 0 atom stereocenters. The molecule has 2 rings (SSSR count). The molecule has 0 saturated carbocycles. The van der Waals surface area contributed by atoms with Gasteiger partial charge in [-0.3, -0.25) is 0 Å². The van der Waals surface area contributed by atoms with Crippen LogP contribution in [-0.4, -0.2) is 44.2 Å². The van der Waals surface area contributed by atoms with E-state index in [0.717, 1.165) is 7.11 Å². The van der Waals surface area contributed by atoms with Crippen molar-refractivity contribution in [1.29, 1.82) is 0 Å². The van der Waals surface area contributed by atoms with Crippen LogP contribution >= 0.6 is 0 Å². The summed E-state index contributed by atoms with van der Waals surface area (Å²) in [6.45, 7) is 0. The molecule has 1 heterocycles. The molecule has 0 saturated heterocycles. The summed E-state index contributed by atoms with van der Waals surface area (Å²) in [5, 5.41) is 0.454. The first-order chi connectivity index (χ1) is 10.0. The van der Waals surface area contributed by atoms with Crippen molar-refractivity contribution >= 4 is 28.8 Å². The largest absolute Gasteiger partial charge is 0.465 e. The number of hydrogen-bond acceptors (Lipinski definition) is 6. The molecule has 7 nitrogen and oxygen atoms in total. The van der Waals surface area contributed by atoms with Crippen LogP contribution in [0, 0.1) is 0 Å². The lowest BCUT2D eigenvalue weighted by molar-refractivity contribution is 0.0537. The Hall–Kier alpha value is -2.83. The van der Waals surface area contributed by atoms with Crippen molar-refractivity contribution in [2.45, 2.75) is 0 Å². The third-order valence-electron chi connectivity index (χ3n) is 3.04. The van der Waals surface area contributed by atoms with Crippen LogP contribution in [0.2, 0.25) is 0 Å². The molecule has 0 unspecified atom stereocenters. The summed E-state index contributed by atoms with van der Waals surface area (Å²) in [6.07, 6.45) is 1.58. The standard InChI is InChI=1S/C14H13NO6/c1-19-12(16)8-6-9-7(4-5-15-9)10(13(17)20-2)11(8)14(18)21-3/h4-6,15H,1-3H3. The van der Waals surface area contributed by atoms with Crippen molar-refractivity contribution in [2.75, 3.05) is 21.3 Å². The van der Waals surface area contributed by atoms with Gasteiger partial charge in [0.05, 0.1) is 38.0 Å². The van der Waals surface area contributed by atoms with Crippen molar-refractivity contribution < 1.29 is 28.6 Å². The molecule has 21 heavy (non-hydrogen) atoms.